The summed E-state index contributed by atoms with van der Waals surface area (Å²) in [6, 6.07) is 14.2. The number of methoxy groups -OCH3 is 3. The third kappa shape index (κ3) is 5.16. The Morgan fingerprint density at radius 3 is 2.05 bits per heavy atom. The fraction of sp³-hybridized carbons (Fsp3) is 0.267. The summed E-state index contributed by atoms with van der Waals surface area (Å²) >= 11 is 0. The number of ketones is 1. The number of aryl methyl sites for hydroxylation is 1. The molecular formula is C30H30O7. The molecule has 1 heterocycles. The minimum absolute atomic E-state index is 0.0363. The molecule has 0 radical (unpaired) electrons. The van der Waals surface area contributed by atoms with E-state index < -0.39 is 5.97 Å². The highest BCUT2D eigenvalue weighted by Crippen LogP contribution is 2.40. The Bertz CT molecular complexity index is 1370. The van der Waals surface area contributed by atoms with E-state index in [-0.39, 0.29) is 28.3 Å². The predicted molar refractivity (Wildman–Crippen MR) is 140 cm³/mol. The lowest BCUT2D eigenvalue weighted by molar-refractivity contribution is 0.0733. The highest BCUT2D eigenvalue weighted by Gasteiger charge is 2.30. The number of carbonyl (C=O) groups excluding carboxylic acids is 2. The van der Waals surface area contributed by atoms with Crippen LogP contribution in [0.3, 0.4) is 0 Å². The van der Waals surface area contributed by atoms with E-state index in [4.69, 9.17) is 23.7 Å². The second-order valence-electron chi connectivity index (χ2n) is 9.73. The maximum Gasteiger partial charge on any atom is 0.343 e. The van der Waals surface area contributed by atoms with Crippen molar-refractivity contribution in [3.05, 3.63) is 82.1 Å². The van der Waals surface area contributed by atoms with Gasteiger partial charge in [0.05, 0.1) is 32.5 Å². The summed E-state index contributed by atoms with van der Waals surface area (Å²) in [6.07, 6.45) is 1.72. The predicted octanol–water partition coefficient (Wildman–Crippen LogP) is 6.15. The van der Waals surface area contributed by atoms with Gasteiger partial charge in [-0.1, -0.05) is 45.0 Å². The molecule has 0 fully saturated rings. The normalized spacial score (nSPS) is 13.7. The molecule has 1 aliphatic rings. The van der Waals surface area contributed by atoms with Crippen molar-refractivity contribution < 1.29 is 33.3 Å². The molecule has 7 nitrogen and oxygen atoms in total. The van der Waals surface area contributed by atoms with Crippen molar-refractivity contribution in [2.24, 2.45) is 0 Å². The lowest BCUT2D eigenvalue weighted by atomic mass is 9.86. The van der Waals surface area contributed by atoms with E-state index in [9.17, 15) is 9.59 Å². The number of hydrogen-bond donors (Lipinski definition) is 0. The molecule has 37 heavy (non-hydrogen) atoms. The molecule has 192 valence electrons. The monoisotopic (exact) mass is 502 g/mol. The summed E-state index contributed by atoms with van der Waals surface area (Å²) in [4.78, 5) is 26.0. The van der Waals surface area contributed by atoms with Crippen LogP contribution in [0.4, 0.5) is 0 Å². The van der Waals surface area contributed by atoms with Gasteiger partial charge in [-0.05, 0) is 53.3 Å². The molecule has 0 aliphatic carbocycles. The van der Waals surface area contributed by atoms with Crippen LogP contribution in [0.25, 0.3) is 6.08 Å². The molecule has 0 amide bonds. The van der Waals surface area contributed by atoms with Crippen LogP contribution in [0.15, 0.2) is 54.3 Å². The van der Waals surface area contributed by atoms with Gasteiger partial charge in [-0.15, -0.1) is 0 Å². The third-order valence-electron chi connectivity index (χ3n) is 6.13. The Morgan fingerprint density at radius 1 is 0.892 bits per heavy atom. The van der Waals surface area contributed by atoms with Gasteiger partial charge in [-0.25, -0.2) is 4.79 Å². The number of rotatable bonds is 6. The van der Waals surface area contributed by atoms with Crippen molar-refractivity contribution in [1.82, 2.24) is 0 Å². The molecule has 0 N–H and O–H groups in total. The summed E-state index contributed by atoms with van der Waals surface area (Å²) in [5, 5.41) is 0. The Kier molecular flexibility index (Phi) is 6.99. The molecule has 3 aromatic carbocycles. The quantitative estimate of drug-likeness (QED) is 0.227. The Labute approximate surface area is 216 Å². The van der Waals surface area contributed by atoms with E-state index in [0.29, 0.717) is 34.1 Å². The average Bonchev–Trinajstić information content (AvgIpc) is 3.17. The van der Waals surface area contributed by atoms with Crippen molar-refractivity contribution in [1.29, 1.82) is 0 Å². The molecular weight excluding hydrogens is 472 g/mol. The van der Waals surface area contributed by atoms with Crippen LogP contribution in [0.2, 0.25) is 0 Å². The zero-order valence-electron chi connectivity index (χ0n) is 22.1. The van der Waals surface area contributed by atoms with Gasteiger partial charge in [0.1, 0.15) is 11.5 Å². The van der Waals surface area contributed by atoms with Crippen LogP contribution < -0.4 is 23.7 Å². The van der Waals surface area contributed by atoms with Crippen molar-refractivity contribution >= 4 is 17.8 Å². The number of carbonyl (C=O) groups is 2. The first-order chi connectivity index (χ1) is 17.5. The van der Waals surface area contributed by atoms with E-state index in [0.717, 1.165) is 5.56 Å². The van der Waals surface area contributed by atoms with E-state index in [2.05, 4.69) is 20.8 Å². The fourth-order valence-corrected chi connectivity index (χ4v) is 4.13. The summed E-state index contributed by atoms with van der Waals surface area (Å²) in [6.45, 7) is 8.22. The number of esters is 1. The van der Waals surface area contributed by atoms with Crippen molar-refractivity contribution in [2.75, 3.05) is 21.3 Å². The van der Waals surface area contributed by atoms with Gasteiger partial charge in [0.2, 0.25) is 11.5 Å². The van der Waals surface area contributed by atoms with E-state index in [1.165, 1.54) is 39.0 Å². The van der Waals surface area contributed by atoms with Crippen molar-refractivity contribution in [3.63, 3.8) is 0 Å². The number of Topliss-reactive ketones (excluding diaryl/α,β-unsaturated/α-hetero) is 1. The molecule has 0 saturated carbocycles. The standard InChI is InChI=1S/C30H30O7/c1-17-12-21(36-29(32)19-14-24(33-5)28(35-7)25(15-19)34-6)16-22-26(17)27(31)23(37-22)13-18-8-10-20(11-9-18)30(2,3)4/h8-16H,1-7H3/b23-13-. The molecule has 1 aliphatic heterocycles. The molecule has 7 heteroatoms. The van der Waals surface area contributed by atoms with Crippen molar-refractivity contribution in [3.8, 4) is 28.7 Å². The zero-order valence-corrected chi connectivity index (χ0v) is 22.1. The number of benzene rings is 3. The maximum absolute atomic E-state index is 13.1. The zero-order chi connectivity index (χ0) is 26.9. The molecule has 0 atom stereocenters. The topological polar surface area (TPSA) is 80.3 Å². The van der Waals surface area contributed by atoms with Crippen LogP contribution in [-0.4, -0.2) is 33.1 Å². The fourth-order valence-electron chi connectivity index (χ4n) is 4.13. The van der Waals surface area contributed by atoms with Gasteiger partial charge >= 0.3 is 5.97 Å². The molecule has 4 rings (SSSR count). The highest BCUT2D eigenvalue weighted by atomic mass is 16.5. The van der Waals surface area contributed by atoms with E-state index in [1.54, 1.807) is 25.1 Å². The van der Waals surface area contributed by atoms with Gasteiger partial charge < -0.3 is 23.7 Å². The molecule has 0 unspecified atom stereocenters. The lowest BCUT2D eigenvalue weighted by Crippen LogP contribution is -2.10. The minimum Gasteiger partial charge on any atom is -0.493 e. The van der Waals surface area contributed by atoms with Gasteiger partial charge in [0.25, 0.3) is 0 Å². The van der Waals surface area contributed by atoms with Crippen LogP contribution in [0.1, 0.15) is 58.2 Å². The highest BCUT2D eigenvalue weighted by molar-refractivity contribution is 6.15. The van der Waals surface area contributed by atoms with Crippen LogP contribution in [0.5, 0.6) is 28.7 Å². The second kappa shape index (κ2) is 10.0. The van der Waals surface area contributed by atoms with Crippen LogP contribution in [-0.2, 0) is 5.41 Å². The minimum atomic E-state index is -0.627. The van der Waals surface area contributed by atoms with Gasteiger partial charge in [0, 0.05) is 6.07 Å². The number of fused-ring (bicyclic) bond motifs is 1. The summed E-state index contributed by atoms with van der Waals surface area (Å²) in [5.41, 5.74) is 3.40. The molecule has 3 aromatic rings. The first-order valence-electron chi connectivity index (χ1n) is 11.8. The van der Waals surface area contributed by atoms with Gasteiger partial charge in [-0.3, -0.25) is 4.79 Å². The Morgan fingerprint density at radius 2 is 1.51 bits per heavy atom. The van der Waals surface area contributed by atoms with E-state index >= 15 is 0 Å². The largest absolute Gasteiger partial charge is 0.493 e. The van der Waals surface area contributed by atoms with Crippen LogP contribution in [0, 0.1) is 6.92 Å². The van der Waals surface area contributed by atoms with Crippen molar-refractivity contribution in [2.45, 2.75) is 33.1 Å². The van der Waals surface area contributed by atoms with Gasteiger partial charge in [0.15, 0.2) is 17.3 Å². The number of ether oxygens (including phenoxy) is 5. The SMILES string of the molecule is COc1cc(C(=O)Oc2cc(C)c3c(c2)O/C(=C\c2ccc(C(C)(C)C)cc2)C3=O)cc(OC)c1OC. The average molecular weight is 503 g/mol. The Hall–Kier alpha value is -4.26. The summed E-state index contributed by atoms with van der Waals surface area (Å²) in [5.74, 6) is 1.00. The second-order valence-corrected chi connectivity index (χ2v) is 9.73. The Balaban J connectivity index is 1.58. The number of allylic oxidation sites excluding steroid dienone is 1. The maximum atomic E-state index is 13.1. The smallest absolute Gasteiger partial charge is 0.343 e. The molecule has 0 spiro atoms. The lowest BCUT2D eigenvalue weighted by Gasteiger charge is -2.18. The van der Waals surface area contributed by atoms with E-state index in [1.807, 2.05) is 24.3 Å². The first-order valence-corrected chi connectivity index (χ1v) is 11.8. The molecule has 0 saturated heterocycles. The van der Waals surface area contributed by atoms with Gasteiger partial charge in [-0.2, -0.15) is 0 Å². The summed E-state index contributed by atoms with van der Waals surface area (Å²) < 4.78 is 27.4. The first kappa shape index (κ1) is 25.8. The third-order valence-corrected chi connectivity index (χ3v) is 6.13. The molecule has 0 bridgehead atoms. The van der Waals surface area contributed by atoms with Crippen LogP contribution >= 0.6 is 0 Å². The molecule has 0 aromatic heterocycles. The number of hydrogen-bond acceptors (Lipinski definition) is 7. The summed E-state index contributed by atoms with van der Waals surface area (Å²) in [7, 11) is 4.42.